The van der Waals surface area contributed by atoms with Crippen molar-refractivity contribution in [3.8, 4) is 5.75 Å². The lowest BCUT2D eigenvalue weighted by molar-refractivity contribution is -0.114. The number of ether oxygens (including phenoxy) is 1. The van der Waals surface area contributed by atoms with Crippen molar-refractivity contribution in [1.82, 2.24) is 0 Å². The summed E-state index contributed by atoms with van der Waals surface area (Å²) in [6, 6.07) is 13.5. The summed E-state index contributed by atoms with van der Waals surface area (Å²) in [7, 11) is 0. The molecule has 0 aliphatic heterocycles. The predicted molar refractivity (Wildman–Crippen MR) is 90.4 cm³/mol. The Kier molecular flexibility index (Phi) is 6.41. The fourth-order valence-corrected chi connectivity index (χ4v) is 2.00. The van der Waals surface area contributed by atoms with E-state index in [-0.39, 0.29) is 18.3 Å². The number of benzene rings is 2. The van der Waals surface area contributed by atoms with Crippen LogP contribution in [0, 0.1) is 5.82 Å². The minimum Gasteiger partial charge on any atom is -0.491 e. The monoisotopic (exact) mass is 316 g/mol. The second-order valence-electron chi connectivity index (χ2n) is 5.08. The van der Waals surface area contributed by atoms with E-state index in [0.29, 0.717) is 23.7 Å². The highest BCUT2D eigenvalue weighted by Gasteiger charge is 2.08. The molecule has 122 valence electrons. The van der Waals surface area contributed by atoms with Crippen molar-refractivity contribution in [3.63, 3.8) is 0 Å². The van der Waals surface area contributed by atoms with Crippen LogP contribution >= 0.6 is 0 Å². The van der Waals surface area contributed by atoms with E-state index in [1.54, 1.807) is 24.3 Å². The average molecular weight is 316 g/mol. The lowest BCUT2D eigenvalue weighted by atomic mass is 10.2. The van der Waals surface area contributed by atoms with Gasteiger partial charge in [-0.15, -0.1) is 0 Å². The molecule has 2 N–H and O–H groups in total. The Labute approximate surface area is 135 Å². The van der Waals surface area contributed by atoms with Gasteiger partial charge in [-0.05, 0) is 30.7 Å². The Morgan fingerprint density at radius 1 is 1.09 bits per heavy atom. The number of halogens is 1. The molecule has 0 spiro atoms. The molecule has 0 radical (unpaired) electrons. The maximum atomic E-state index is 13.5. The lowest BCUT2D eigenvalue weighted by Crippen LogP contribution is -2.22. The molecule has 2 aromatic carbocycles. The topological polar surface area (TPSA) is 50.4 Å². The summed E-state index contributed by atoms with van der Waals surface area (Å²) in [5.41, 5.74) is 0.916. The van der Waals surface area contributed by atoms with E-state index < -0.39 is 0 Å². The Morgan fingerprint density at radius 3 is 2.52 bits per heavy atom. The summed E-state index contributed by atoms with van der Waals surface area (Å²) >= 11 is 0. The molecule has 4 nitrogen and oxygen atoms in total. The molecule has 0 bridgehead atoms. The Bertz CT molecular complexity index is 646. The number of hydrogen-bond acceptors (Lipinski definition) is 3. The lowest BCUT2D eigenvalue weighted by Gasteiger charge is -2.13. The van der Waals surface area contributed by atoms with Gasteiger partial charge in [-0.3, -0.25) is 4.79 Å². The summed E-state index contributed by atoms with van der Waals surface area (Å²) < 4.78 is 19.2. The summed E-state index contributed by atoms with van der Waals surface area (Å²) in [6.45, 7) is 2.67. The molecule has 0 fully saturated rings. The van der Waals surface area contributed by atoms with Crippen LogP contribution in [0.3, 0.4) is 0 Å². The first-order valence-electron chi connectivity index (χ1n) is 7.70. The first kappa shape index (κ1) is 16.8. The molecular formula is C18H21FN2O2. The van der Waals surface area contributed by atoms with E-state index in [0.717, 1.165) is 12.8 Å². The van der Waals surface area contributed by atoms with Crippen molar-refractivity contribution in [2.75, 3.05) is 23.8 Å². The van der Waals surface area contributed by atoms with Gasteiger partial charge < -0.3 is 15.4 Å². The second kappa shape index (κ2) is 8.78. The van der Waals surface area contributed by atoms with Gasteiger partial charge in [-0.25, -0.2) is 4.39 Å². The predicted octanol–water partition coefficient (Wildman–Crippen LogP) is 4.06. The molecule has 0 aliphatic carbocycles. The van der Waals surface area contributed by atoms with Gasteiger partial charge >= 0.3 is 0 Å². The van der Waals surface area contributed by atoms with Crippen molar-refractivity contribution in [2.45, 2.75) is 19.8 Å². The van der Waals surface area contributed by atoms with Gasteiger partial charge in [0.15, 0.2) is 0 Å². The minimum absolute atomic E-state index is 0.0236. The molecule has 0 saturated heterocycles. The van der Waals surface area contributed by atoms with E-state index in [1.165, 1.54) is 6.07 Å². The van der Waals surface area contributed by atoms with Crippen LogP contribution in [-0.4, -0.2) is 19.1 Å². The summed E-state index contributed by atoms with van der Waals surface area (Å²) in [4.78, 5) is 12.0. The summed E-state index contributed by atoms with van der Waals surface area (Å²) in [6.07, 6.45) is 2.00. The molecule has 2 aromatic rings. The molecule has 23 heavy (non-hydrogen) atoms. The highest BCUT2D eigenvalue weighted by Crippen LogP contribution is 2.24. The fraction of sp³-hybridized carbons (Fsp3) is 0.278. The minimum atomic E-state index is -0.386. The maximum absolute atomic E-state index is 13.5. The van der Waals surface area contributed by atoms with Gasteiger partial charge in [0.25, 0.3) is 0 Å². The maximum Gasteiger partial charge on any atom is 0.243 e. The number of rotatable bonds is 8. The van der Waals surface area contributed by atoms with Crippen LogP contribution in [0.5, 0.6) is 5.75 Å². The number of carbonyl (C=O) groups excluding carboxylic acids is 1. The molecule has 2 rings (SSSR count). The highest BCUT2D eigenvalue weighted by atomic mass is 19.1. The Balaban J connectivity index is 1.91. The standard InChI is InChI=1S/C18H21FN2O2/c1-2-3-12-23-17-11-7-6-10-16(17)21-18(22)13-20-15-9-5-4-8-14(15)19/h4-11,20H,2-3,12-13H2,1H3,(H,21,22). The number of amides is 1. The van der Waals surface area contributed by atoms with Gasteiger partial charge in [-0.1, -0.05) is 37.6 Å². The molecule has 1 amide bonds. The number of nitrogens with one attached hydrogen (secondary N) is 2. The molecule has 5 heteroatoms. The van der Waals surface area contributed by atoms with Gasteiger partial charge in [0.2, 0.25) is 5.91 Å². The third-order valence-corrected chi connectivity index (χ3v) is 3.23. The van der Waals surface area contributed by atoms with E-state index in [1.807, 2.05) is 18.2 Å². The van der Waals surface area contributed by atoms with Crippen LogP contribution in [-0.2, 0) is 4.79 Å². The number of hydrogen-bond donors (Lipinski definition) is 2. The summed E-state index contributed by atoms with van der Waals surface area (Å²) in [5, 5.41) is 5.56. The van der Waals surface area contributed by atoms with Crippen molar-refractivity contribution < 1.29 is 13.9 Å². The quantitative estimate of drug-likeness (QED) is 0.722. The molecule has 0 atom stereocenters. The third kappa shape index (κ3) is 5.29. The van der Waals surface area contributed by atoms with Gasteiger partial charge in [0, 0.05) is 0 Å². The van der Waals surface area contributed by atoms with E-state index in [4.69, 9.17) is 4.74 Å². The smallest absolute Gasteiger partial charge is 0.243 e. The first-order valence-corrected chi connectivity index (χ1v) is 7.70. The van der Waals surface area contributed by atoms with Crippen LogP contribution < -0.4 is 15.4 Å². The van der Waals surface area contributed by atoms with Crippen LogP contribution in [0.25, 0.3) is 0 Å². The second-order valence-corrected chi connectivity index (χ2v) is 5.08. The van der Waals surface area contributed by atoms with Gasteiger partial charge in [-0.2, -0.15) is 0 Å². The largest absolute Gasteiger partial charge is 0.491 e. The SMILES string of the molecule is CCCCOc1ccccc1NC(=O)CNc1ccccc1F. The van der Waals surface area contributed by atoms with Crippen molar-refractivity contribution in [2.24, 2.45) is 0 Å². The van der Waals surface area contributed by atoms with E-state index in [2.05, 4.69) is 17.6 Å². The molecular weight excluding hydrogens is 295 g/mol. The number of unbranched alkanes of at least 4 members (excludes halogenated alkanes) is 1. The Hall–Kier alpha value is -2.56. The molecule has 0 saturated carbocycles. The van der Waals surface area contributed by atoms with Crippen molar-refractivity contribution >= 4 is 17.3 Å². The van der Waals surface area contributed by atoms with Crippen LogP contribution in [0.4, 0.5) is 15.8 Å². The third-order valence-electron chi connectivity index (χ3n) is 3.23. The molecule has 0 aliphatic rings. The van der Waals surface area contributed by atoms with Crippen molar-refractivity contribution in [1.29, 1.82) is 0 Å². The van der Waals surface area contributed by atoms with Gasteiger partial charge in [0.1, 0.15) is 11.6 Å². The highest BCUT2D eigenvalue weighted by molar-refractivity contribution is 5.95. The van der Waals surface area contributed by atoms with Crippen LogP contribution in [0.2, 0.25) is 0 Å². The number of carbonyl (C=O) groups is 1. The summed E-state index contributed by atoms with van der Waals surface area (Å²) in [5.74, 6) is -0.0106. The van der Waals surface area contributed by atoms with E-state index >= 15 is 0 Å². The van der Waals surface area contributed by atoms with Gasteiger partial charge in [0.05, 0.1) is 24.5 Å². The molecule has 0 unspecified atom stereocenters. The van der Waals surface area contributed by atoms with Crippen LogP contribution in [0.1, 0.15) is 19.8 Å². The van der Waals surface area contributed by atoms with E-state index in [9.17, 15) is 9.18 Å². The van der Waals surface area contributed by atoms with Crippen molar-refractivity contribution in [3.05, 3.63) is 54.3 Å². The average Bonchev–Trinajstić information content (AvgIpc) is 2.56. The number of para-hydroxylation sites is 3. The zero-order chi connectivity index (χ0) is 16.5. The zero-order valence-electron chi connectivity index (χ0n) is 13.1. The molecule has 0 heterocycles. The zero-order valence-corrected chi connectivity index (χ0v) is 13.1. The van der Waals surface area contributed by atoms with Crippen LogP contribution in [0.15, 0.2) is 48.5 Å². The fourth-order valence-electron chi connectivity index (χ4n) is 2.00. The number of anilines is 2. The first-order chi connectivity index (χ1) is 11.2. The Morgan fingerprint density at radius 2 is 1.78 bits per heavy atom. The molecule has 0 aromatic heterocycles. The normalized spacial score (nSPS) is 10.2.